The van der Waals surface area contributed by atoms with Gasteiger partial charge in [0.05, 0.1) is 12.1 Å². The van der Waals surface area contributed by atoms with Crippen LogP contribution in [0.5, 0.6) is 5.75 Å². The van der Waals surface area contributed by atoms with Crippen molar-refractivity contribution in [1.82, 2.24) is 0 Å². The van der Waals surface area contributed by atoms with Gasteiger partial charge in [-0.25, -0.2) is 0 Å². The monoisotopic (exact) mass is 287 g/mol. The van der Waals surface area contributed by atoms with Crippen LogP contribution in [0.2, 0.25) is 5.02 Å². The molecular weight excluding hydrogens is 270 g/mol. The van der Waals surface area contributed by atoms with Crippen molar-refractivity contribution in [3.8, 4) is 5.75 Å². The zero-order valence-electron chi connectivity index (χ0n) is 11.5. The van der Waals surface area contributed by atoms with Crippen LogP contribution in [0.25, 0.3) is 0 Å². The maximum atomic E-state index is 6.38. The van der Waals surface area contributed by atoms with E-state index in [0.29, 0.717) is 6.10 Å². The number of rotatable bonds is 4. The van der Waals surface area contributed by atoms with Crippen LogP contribution in [0.1, 0.15) is 35.6 Å². The lowest BCUT2D eigenvalue weighted by atomic mass is 9.96. The largest absolute Gasteiger partial charge is 0.490 e. The molecule has 1 fully saturated rings. The Hall–Kier alpha value is -1.51. The Morgan fingerprint density at radius 1 is 1.20 bits per heavy atom. The number of halogens is 1. The summed E-state index contributed by atoms with van der Waals surface area (Å²) in [6, 6.07) is 13.7. The molecule has 1 aliphatic rings. The summed E-state index contributed by atoms with van der Waals surface area (Å²) in [6.07, 6.45) is 2.72. The van der Waals surface area contributed by atoms with Gasteiger partial charge >= 0.3 is 0 Å². The summed E-state index contributed by atoms with van der Waals surface area (Å²) in [4.78, 5) is 0. The van der Waals surface area contributed by atoms with E-state index in [4.69, 9.17) is 22.1 Å². The lowest BCUT2D eigenvalue weighted by molar-refractivity contribution is 0.303. The molecule has 2 nitrogen and oxygen atoms in total. The average molecular weight is 288 g/mol. The summed E-state index contributed by atoms with van der Waals surface area (Å²) in [7, 11) is 0. The SMILES string of the molecule is Cc1cc(Cl)ccc1C(N)c1cccc(OC2CC2)c1. The second-order valence-electron chi connectivity index (χ2n) is 5.37. The molecular formula is C17H18ClNO. The summed E-state index contributed by atoms with van der Waals surface area (Å²) in [5, 5.41) is 0.740. The molecule has 1 atom stereocenters. The highest BCUT2D eigenvalue weighted by atomic mass is 35.5. The summed E-state index contributed by atoms with van der Waals surface area (Å²) >= 11 is 6.00. The normalized spacial score (nSPS) is 15.9. The first-order valence-electron chi connectivity index (χ1n) is 6.92. The summed E-state index contributed by atoms with van der Waals surface area (Å²) in [5.74, 6) is 0.909. The smallest absolute Gasteiger partial charge is 0.120 e. The molecule has 1 unspecified atom stereocenters. The van der Waals surface area contributed by atoms with Crippen LogP contribution in [0.4, 0.5) is 0 Å². The Morgan fingerprint density at radius 2 is 2.00 bits per heavy atom. The molecule has 0 heterocycles. The highest BCUT2D eigenvalue weighted by Crippen LogP contribution is 2.30. The van der Waals surface area contributed by atoms with Crippen LogP contribution in [0, 0.1) is 6.92 Å². The first-order valence-corrected chi connectivity index (χ1v) is 7.29. The van der Waals surface area contributed by atoms with E-state index in [1.807, 2.05) is 49.4 Å². The molecule has 1 saturated carbocycles. The van der Waals surface area contributed by atoms with Crippen LogP contribution < -0.4 is 10.5 Å². The number of hydrogen-bond donors (Lipinski definition) is 1. The molecule has 3 heteroatoms. The van der Waals surface area contributed by atoms with Crippen molar-refractivity contribution in [2.75, 3.05) is 0 Å². The zero-order chi connectivity index (χ0) is 14.1. The van der Waals surface area contributed by atoms with Crippen LogP contribution in [0.15, 0.2) is 42.5 Å². The second-order valence-corrected chi connectivity index (χ2v) is 5.80. The molecule has 0 aliphatic heterocycles. The number of ether oxygens (including phenoxy) is 1. The number of nitrogens with two attached hydrogens (primary N) is 1. The molecule has 2 aromatic carbocycles. The van der Waals surface area contributed by atoms with E-state index in [0.717, 1.165) is 40.3 Å². The molecule has 0 radical (unpaired) electrons. The van der Waals surface area contributed by atoms with Crippen molar-refractivity contribution in [3.63, 3.8) is 0 Å². The van der Waals surface area contributed by atoms with Crippen LogP contribution >= 0.6 is 11.6 Å². The Morgan fingerprint density at radius 3 is 2.70 bits per heavy atom. The van der Waals surface area contributed by atoms with Gasteiger partial charge in [-0.1, -0.05) is 29.8 Å². The fourth-order valence-electron chi connectivity index (χ4n) is 2.33. The molecule has 0 spiro atoms. The minimum atomic E-state index is -0.157. The van der Waals surface area contributed by atoms with Gasteiger partial charge in [-0.05, 0) is 60.7 Å². The van der Waals surface area contributed by atoms with E-state index in [9.17, 15) is 0 Å². The van der Waals surface area contributed by atoms with Gasteiger partial charge in [0.25, 0.3) is 0 Å². The van der Waals surface area contributed by atoms with E-state index in [1.54, 1.807) is 0 Å². The van der Waals surface area contributed by atoms with E-state index in [1.165, 1.54) is 0 Å². The van der Waals surface area contributed by atoms with Gasteiger partial charge < -0.3 is 10.5 Å². The molecule has 0 amide bonds. The highest BCUT2D eigenvalue weighted by molar-refractivity contribution is 6.30. The molecule has 2 aromatic rings. The number of hydrogen-bond acceptors (Lipinski definition) is 2. The molecule has 1 aliphatic carbocycles. The number of benzene rings is 2. The lowest BCUT2D eigenvalue weighted by Gasteiger charge is -2.16. The molecule has 3 rings (SSSR count). The molecule has 20 heavy (non-hydrogen) atoms. The van der Waals surface area contributed by atoms with Crippen molar-refractivity contribution in [3.05, 3.63) is 64.2 Å². The minimum absolute atomic E-state index is 0.157. The van der Waals surface area contributed by atoms with Crippen LogP contribution in [-0.4, -0.2) is 6.10 Å². The Labute approximate surface area is 124 Å². The summed E-state index contributed by atoms with van der Waals surface area (Å²) in [6.45, 7) is 2.03. The first kappa shape index (κ1) is 13.5. The van der Waals surface area contributed by atoms with Gasteiger partial charge in [0.2, 0.25) is 0 Å². The third-order valence-electron chi connectivity index (χ3n) is 3.61. The van der Waals surface area contributed by atoms with Crippen molar-refractivity contribution in [2.45, 2.75) is 31.9 Å². The highest BCUT2D eigenvalue weighted by Gasteiger charge is 2.23. The van der Waals surface area contributed by atoms with Gasteiger partial charge in [0.15, 0.2) is 0 Å². The Bertz CT molecular complexity index is 622. The predicted molar refractivity (Wildman–Crippen MR) is 82.3 cm³/mol. The van der Waals surface area contributed by atoms with Gasteiger partial charge in [-0.15, -0.1) is 0 Å². The third kappa shape index (κ3) is 2.97. The van der Waals surface area contributed by atoms with E-state index in [-0.39, 0.29) is 6.04 Å². The summed E-state index contributed by atoms with van der Waals surface area (Å²) < 4.78 is 5.82. The zero-order valence-corrected chi connectivity index (χ0v) is 12.2. The van der Waals surface area contributed by atoms with Crippen LogP contribution in [0.3, 0.4) is 0 Å². The number of aryl methyl sites for hydroxylation is 1. The average Bonchev–Trinajstić information content (AvgIpc) is 3.22. The van der Waals surface area contributed by atoms with E-state index in [2.05, 4.69) is 0 Å². The van der Waals surface area contributed by atoms with Gasteiger partial charge in [-0.2, -0.15) is 0 Å². The van der Waals surface area contributed by atoms with Crippen molar-refractivity contribution in [2.24, 2.45) is 5.73 Å². The maximum absolute atomic E-state index is 6.38. The van der Waals surface area contributed by atoms with Crippen molar-refractivity contribution in [1.29, 1.82) is 0 Å². The fraction of sp³-hybridized carbons (Fsp3) is 0.294. The second kappa shape index (κ2) is 5.47. The van der Waals surface area contributed by atoms with Crippen molar-refractivity contribution < 1.29 is 4.74 Å². The third-order valence-corrected chi connectivity index (χ3v) is 3.85. The Kier molecular flexibility index (Phi) is 3.68. The topological polar surface area (TPSA) is 35.2 Å². The predicted octanol–water partition coefficient (Wildman–Crippen LogP) is 4.24. The lowest BCUT2D eigenvalue weighted by Crippen LogP contribution is -2.13. The molecule has 104 valence electrons. The van der Waals surface area contributed by atoms with Crippen LogP contribution in [-0.2, 0) is 0 Å². The molecule has 0 bridgehead atoms. The molecule has 0 aromatic heterocycles. The molecule has 2 N–H and O–H groups in total. The summed E-state index contributed by atoms with van der Waals surface area (Å²) in [5.41, 5.74) is 9.65. The maximum Gasteiger partial charge on any atom is 0.120 e. The van der Waals surface area contributed by atoms with Gasteiger partial charge in [0, 0.05) is 5.02 Å². The van der Waals surface area contributed by atoms with Gasteiger partial charge in [-0.3, -0.25) is 0 Å². The first-order chi connectivity index (χ1) is 9.63. The Balaban J connectivity index is 1.86. The van der Waals surface area contributed by atoms with Crippen molar-refractivity contribution >= 4 is 11.6 Å². The van der Waals surface area contributed by atoms with Gasteiger partial charge in [0.1, 0.15) is 5.75 Å². The molecule has 0 saturated heterocycles. The minimum Gasteiger partial charge on any atom is -0.490 e. The van der Waals surface area contributed by atoms with E-state index < -0.39 is 0 Å². The van der Waals surface area contributed by atoms with E-state index >= 15 is 0 Å². The fourth-order valence-corrected chi connectivity index (χ4v) is 2.55. The standard InChI is InChI=1S/C17H18ClNO/c1-11-9-13(18)5-8-16(11)17(19)12-3-2-4-15(10-12)20-14-6-7-14/h2-5,8-10,14,17H,6-7,19H2,1H3. The quantitative estimate of drug-likeness (QED) is 0.913.